The summed E-state index contributed by atoms with van der Waals surface area (Å²) < 4.78 is 0. The molecular formula is C14H13N3O2. The molecule has 5 heteroatoms. The average Bonchev–Trinajstić information content (AvgIpc) is 2.46. The molecule has 0 aliphatic rings. The van der Waals surface area contributed by atoms with E-state index >= 15 is 0 Å². The lowest BCUT2D eigenvalue weighted by atomic mass is 9.98. The fourth-order valence-electron chi connectivity index (χ4n) is 1.83. The normalized spacial score (nSPS) is 9.95. The molecule has 2 aromatic rings. The molecule has 5 N–H and O–H groups in total. The summed E-state index contributed by atoms with van der Waals surface area (Å²) in [5.41, 5.74) is 9.63. The highest BCUT2D eigenvalue weighted by molar-refractivity contribution is 6.02. The maximum absolute atomic E-state index is 11.0. The summed E-state index contributed by atoms with van der Waals surface area (Å²) in [6.07, 6.45) is 0. The predicted molar refractivity (Wildman–Crippen MR) is 72.1 cm³/mol. The zero-order chi connectivity index (χ0) is 13.8. The van der Waals surface area contributed by atoms with Gasteiger partial charge < -0.3 is 5.73 Å². The molecule has 0 saturated carbocycles. The summed E-state index contributed by atoms with van der Waals surface area (Å²) in [5.74, 6) is -0.570. The van der Waals surface area contributed by atoms with E-state index in [2.05, 4.69) is 0 Å². The zero-order valence-corrected chi connectivity index (χ0v) is 10.1. The van der Waals surface area contributed by atoms with Crippen LogP contribution in [0.25, 0.3) is 11.1 Å². The molecule has 0 aromatic heterocycles. The number of benzene rings is 2. The van der Waals surface area contributed by atoms with Gasteiger partial charge in [-0.25, -0.2) is 0 Å². The number of hydroxylamine groups is 1. The van der Waals surface area contributed by atoms with Crippen LogP contribution in [-0.4, -0.2) is 17.0 Å². The summed E-state index contributed by atoms with van der Waals surface area (Å²) in [6.45, 7) is 0. The molecule has 5 nitrogen and oxygen atoms in total. The number of rotatable bonds is 3. The van der Waals surface area contributed by atoms with Gasteiger partial charge in [-0.05, 0) is 23.3 Å². The van der Waals surface area contributed by atoms with E-state index in [9.17, 15) is 4.79 Å². The number of hydrogen-bond acceptors (Lipinski definition) is 3. The third-order valence-corrected chi connectivity index (χ3v) is 2.79. The van der Waals surface area contributed by atoms with E-state index in [-0.39, 0.29) is 5.84 Å². The molecule has 1 amide bonds. The molecule has 0 saturated heterocycles. The van der Waals surface area contributed by atoms with Crippen LogP contribution in [0.1, 0.15) is 15.9 Å². The number of nitrogens with one attached hydrogen (secondary N) is 2. The van der Waals surface area contributed by atoms with Crippen LogP contribution in [0.4, 0.5) is 0 Å². The highest BCUT2D eigenvalue weighted by Crippen LogP contribution is 2.23. The fourth-order valence-corrected chi connectivity index (χ4v) is 1.83. The second kappa shape index (κ2) is 5.32. The maximum atomic E-state index is 11.0. The van der Waals surface area contributed by atoms with E-state index in [0.29, 0.717) is 11.1 Å². The van der Waals surface area contributed by atoms with Crippen molar-refractivity contribution in [3.05, 3.63) is 59.7 Å². The molecule has 0 radical (unpaired) electrons. The number of primary amides is 1. The van der Waals surface area contributed by atoms with Crippen LogP contribution in [0, 0.1) is 5.41 Å². The summed E-state index contributed by atoms with van der Waals surface area (Å²) >= 11 is 0. The molecule has 0 aliphatic carbocycles. The van der Waals surface area contributed by atoms with Crippen molar-refractivity contribution in [3.8, 4) is 11.1 Å². The number of carbonyl (C=O) groups is 1. The third kappa shape index (κ3) is 2.61. The van der Waals surface area contributed by atoms with Crippen LogP contribution < -0.4 is 11.2 Å². The SMILES string of the molecule is N=C(NO)c1ccccc1-c1ccc(C(N)=O)cc1. The lowest BCUT2D eigenvalue weighted by Gasteiger charge is -2.10. The van der Waals surface area contributed by atoms with Gasteiger partial charge in [-0.2, -0.15) is 0 Å². The standard InChI is InChI=1S/C14H13N3O2/c15-13(17-19)12-4-2-1-3-11(12)9-5-7-10(8-6-9)14(16)18/h1-8,19H,(H2,15,17)(H2,16,18). The Morgan fingerprint density at radius 3 is 2.32 bits per heavy atom. The number of amidine groups is 1. The van der Waals surface area contributed by atoms with Crippen LogP contribution in [0.5, 0.6) is 0 Å². The van der Waals surface area contributed by atoms with E-state index in [1.165, 1.54) is 0 Å². The zero-order valence-electron chi connectivity index (χ0n) is 10.1. The lowest BCUT2D eigenvalue weighted by Crippen LogP contribution is -2.19. The van der Waals surface area contributed by atoms with Crippen LogP contribution in [0.3, 0.4) is 0 Å². The molecule has 2 aromatic carbocycles. The first kappa shape index (κ1) is 12.8. The van der Waals surface area contributed by atoms with Crippen molar-refractivity contribution >= 4 is 11.7 Å². The van der Waals surface area contributed by atoms with Crippen LogP contribution in [0.2, 0.25) is 0 Å². The van der Waals surface area contributed by atoms with Gasteiger partial charge in [0.2, 0.25) is 5.91 Å². The van der Waals surface area contributed by atoms with E-state index in [4.69, 9.17) is 16.4 Å². The monoisotopic (exact) mass is 255 g/mol. The lowest BCUT2D eigenvalue weighted by molar-refractivity contribution is 0.100. The van der Waals surface area contributed by atoms with E-state index in [0.717, 1.165) is 11.1 Å². The molecule has 0 fully saturated rings. The number of amides is 1. The molecule has 96 valence electrons. The minimum atomic E-state index is -0.482. The molecule has 0 atom stereocenters. The Morgan fingerprint density at radius 2 is 1.74 bits per heavy atom. The first-order chi connectivity index (χ1) is 9.13. The van der Waals surface area contributed by atoms with Crippen LogP contribution in [-0.2, 0) is 0 Å². The molecule has 0 aliphatic heterocycles. The Bertz CT molecular complexity index is 621. The van der Waals surface area contributed by atoms with Crippen molar-refractivity contribution in [2.75, 3.05) is 0 Å². The Labute approximate surface area is 110 Å². The van der Waals surface area contributed by atoms with Crippen molar-refractivity contribution in [1.82, 2.24) is 5.48 Å². The van der Waals surface area contributed by atoms with Gasteiger partial charge in [0.15, 0.2) is 0 Å². The van der Waals surface area contributed by atoms with Gasteiger partial charge in [0, 0.05) is 11.1 Å². The highest BCUT2D eigenvalue weighted by Gasteiger charge is 2.09. The summed E-state index contributed by atoms with van der Waals surface area (Å²) in [6, 6.07) is 13.9. The van der Waals surface area contributed by atoms with Gasteiger partial charge in [0.1, 0.15) is 5.84 Å². The second-order valence-electron chi connectivity index (χ2n) is 3.97. The van der Waals surface area contributed by atoms with Crippen molar-refractivity contribution in [3.63, 3.8) is 0 Å². The Balaban J connectivity index is 2.47. The molecule has 0 unspecified atom stereocenters. The smallest absolute Gasteiger partial charge is 0.248 e. The van der Waals surface area contributed by atoms with E-state index < -0.39 is 5.91 Å². The molecular weight excluding hydrogens is 242 g/mol. The van der Waals surface area contributed by atoms with Crippen LogP contribution in [0.15, 0.2) is 48.5 Å². The first-order valence-corrected chi connectivity index (χ1v) is 5.62. The number of nitrogens with two attached hydrogens (primary N) is 1. The van der Waals surface area contributed by atoms with Gasteiger partial charge in [-0.15, -0.1) is 0 Å². The molecule has 0 bridgehead atoms. The minimum absolute atomic E-state index is 0.0884. The highest BCUT2D eigenvalue weighted by atomic mass is 16.5. The minimum Gasteiger partial charge on any atom is -0.366 e. The summed E-state index contributed by atoms with van der Waals surface area (Å²) in [5, 5.41) is 16.5. The van der Waals surface area contributed by atoms with Gasteiger partial charge in [0.25, 0.3) is 0 Å². The predicted octanol–water partition coefficient (Wildman–Crippen LogP) is 1.76. The quantitative estimate of drug-likeness (QED) is 0.382. The van der Waals surface area contributed by atoms with E-state index in [1.807, 2.05) is 17.6 Å². The van der Waals surface area contributed by atoms with Crippen molar-refractivity contribution < 1.29 is 10.0 Å². The fraction of sp³-hybridized carbons (Fsp3) is 0. The summed E-state index contributed by atoms with van der Waals surface area (Å²) in [7, 11) is 0. The molecule has 19 heavy (non-hydrogen) atoms. The van der Waals surface area contributed by atoms with Gasteiger partial charge in [-0.3, -0.25) is 20.9 Å². The first-order valence-electron chi connectivity index (χ1n) is 5.62. The Morgan fingerprint density at radius 1 is 1.11 bits per heavy atom. The van der Waals surface area contributed by atoms with Crippen molar-refractivity contribution in [2.45, 2.75) is 0 Å². The average molecular weight is 255 g/mol. The second-order valence-corrected chi connectivity index (χ2v) is 3.97. The van der Waals surface area contributed by atoms with Crippen molar-refractivity contribution in [1.29, 1.82) is 5.41 Å². The maximum Gasteiger partial charge on any atom is 0.248 e. The van der Waals surface area contributed by atoms with Gasteiger partial charge in [-0.1, -0.05) is 36.4 Å². The Hall–Kier alpha value is -2.66. The topological polar surface area (TPSA) is 99.2 Å². The largest absolute Gasteiger partial charge is 0.366 e. The molecule has 0 spiro atoms. The molecule has 2 rings (SSSR count). The number of hydrogen-bond donors (Lipinski definition) is 4. The third-order valence-electron chi connectivity index (χ3n) is 2.79. The van der Waals surface area contributed by atoms with Gasteiger partial charge in [0.05, 0.1) is 0 Å². The summed E-state index contributed by atoms with van der Waals surface area (Å²) in [4.78, 5) is 11.0. The van der Waals surface area contributed by atoms with Gasteiger partial charge >= 0.3 is 0 Å². The van der Waals surface area contributed by atoms with Crippen LogP contribution >= 0.6 is 0 Å². The Kier molecular flexibility index (Phi) is 3.58. The molecule has 0 heterocycles. The van der Waals surface area contributed by atoms with Crippen molar-refractivity contribution in [2.24, 2.45) is 5.73 Å². The number of carbonyl (C=O) groups excluding carboxylic acids is 1. The van der Waals surface area contributed by atoms with E-state index in [1.54, 1.807) is 36.4 Å².